The number of hydrogen-bond acceptors (Lipinski definition) is 4. The summed E-state index contributed by atoms with van der Waals surface area (Å²) in [7, 11) is 0. The summed E-state index contributed by atoms with van der Waals surface area (Å²) in [5, 5.41) is 7.84. The molecular weight excluding hydrogens is 218 g/mol. The van der Waals surface area contributed by atoms with Gasteiger partial charge >= 0.3 is 11.4 Å². The van der Waals surface area contributed by atoms with E-state index in [0.29, 0.717) is 6.54 Å². The van der Waals surface area contributed by atoms with Gasteiger partial charge in [-0.25, -0.2) is 4.68 Å². The van der Waals surface area contributed by atoms with Crippen LogP contribution in [-0.2, 0) is 28.5 Å². The Labute approximate surface area is 91.1 Å². The zero-order valence-corrected chi connectivity index (χ0v) is 9.44. The number of nitrogens with zero attached hydrogens (tertiary/aromatic N) is 3. The smallest absolute Gasteiger partial charge is 0.284 e. The lowest BCUT2D eigenvalue weighted by atomic mass is 10.2. The van der Waals surface area contributed by atoms with Crippen molar-refractivity contribution in [2.75, 3.05) is 6.61 Å². The van der Waals surface area contributed by atoms with Crippen molar-refractivity contribution in [1.29, 1.82) is 0 Å². The van der Waals surface area contributed by atoms with E-state index in [2.05, 4.69) is 21.4 Å². The van der Waals surface area contributed by atoms with E-state index in [4.69, 9.17) is 4.55 Å². The summed E-state index contributed by atoms with van der Waals surface area (Å²) in [6.07, 6.45) is 4.97. The monoisotopic (exact) mass is 233 g/mol. The van der Waals surface area contributed by atoms with Crippen LogP contribution in [0.3, 0.4) is 0 Å². The van der Waals surface area contributed by atoms with Gasteiger partial charge in [0.2, 0.25) is 0 Å². The maximum atomic E-state index is 10.2. The fourth-order valence-corrected chi connectivity index (χ4v) is 1.34. The lowest BCUT2D eigenvalue weighted by Gasteiger charge is -1.97. The van der Waals surface area contributed by atoms with E-state index in [1.54, 1.807) is 4.68 Å². The van der Waals surface area contributed by atoms with Gasteiger partial charge in [-0.05, 0) is 12.8 Å². The van der Waals surface area contributed by atoms with Gasteiger partial charge in [-0.3, -0.25) is 8.74 Å². The predicted molar refractivity (Wildman–Crippen MR) is 55.4 cm³/mol. The second-order valence-electron chi connectivity index (χ2n) is 3.12. The van der Waals surface area contributed by atoms with Crippen molar-refractivity contribution in [3.63, 3.8) is 0 Å². The Morgan fingerprint density at radius 1 is 1.67 bits per heavy atom. The highest BCUT2D eigenvalue weighted by atomic mass is 32.2. The Morgan fingerprint density at radius 2 is 2.47 bits per heavy atom. The molecule has 0 spiro atoms. The molecule has 0 bridgehead atoms. The Bertz CT molecular complexity index is 316. The largest absolute Gasteiger partial charge is 0.301 e. The number of unbranched alkanes of at least 4 members (excludes halogenated alkanes) is 1. The molecule has 1 heterocycles. The average Bonchev–Trinajstić information content (AvgIpc) is 2.62. The van der Waals surface area contributed by atoms with E-state index in [1.165, 1.54) is 0 Å². The van der Waals surface area contributed by atoms with E-state index >= 15 is 0 Å². The third kappa shape index (κ3) is 5.01. The van der Waals surface area contributed by atoms with Crippen LogP contribution >= 0.6 is 0 Å². The number of hydrogen-bond donors (Lipinski definition) is 1. The first-order chi connectivity index (χ1) is 7.22. The summed E-state index contributed by atoms with van der Waals surface area (Å²) < 4.78 is 24.6. The van der Waals surface area contributed by atoms with E-state index < -0.39 is 11.4 Å². The van der Waals surface area contributed by atoms with Crippen molar-refractivity contribution in [2.24, 2.45) is 0 Å². The molecule has 1 aromatic heterocycles. The van der Waals surface area contributed by atoms with Crippen LogP contribution < -0.4 is 0 Å². The molecular formula is C8H15N3O3S. The van der Waals surface area contributed by atoms with E-state index in [9.17, 15) is 4.21 Å². The molecule has 0 aliphatic carbocycles. The number of aromatic nitrogens is 3. The van der Waals surface area contributed by atoms with Gasteiger partial charge in [-0.15, -0.1) is 5.10 Å². The van der Waals surface area contributed by atoms with Gasteiger partial charge in [-0.2, -0.15) is 4.21 Å². The van der Waals surface area contributed by atoms with Crippen LogP contribution in [0.5, 0.6) is 0 Å². The Morgan fingerprint density at radius 3 is 3.13 bits per heavy atom. The molecule has 86 valence electrons. The van der Waals surface area contributed by atoms with Gasteiger partial charge < -0.3 is 0 Å². The highest BCUT2D eigenvalue weighted by Gasteiger charge is 2.00. The molecule has 7 heteroatoms. The van der Waals surface area contributed by atoms with Crippen molar-refractivity contribution < 1.29 is 12.9 Å². The first kappa shape index (κ1) is 12.3. The fourth-order valence-electron chi connectivity index (χ4n) is 1.12. The molecule has 0 saturated heterocycles. The second-order valence-corrected chi connectivity index (χ2v) is 3.79. The Kier molecular flexibility index (Phi) is 5.44. The van der Waals surface area contributed by atoms with Gasteiger partial charge in [-0.1, -0.05) is 18.6 Å². The highest BCUT2D eigenvalue weighted by Crippen LogP contribution is 2.00. The normalized spacial score (nSPS) is 12.9. The quantitative estimate of drug-likeness (QED) is 0.704. The standard InChI is InChI=1S/C8H15N3O3S/c1-2-3-4-8-7-11(10-9-8)5-6-14-15(12)13/h7H,2-6H2,1H3,(H,12,13). The minimum Gasteiger partial charge on any atom is -0.284 e. The lowest BCUT2D eigenvalue weighted by Crippen LogP contribution is -2.07. The molecule has 6 nitrogen and oxygen atoms in total. The molecule has 0 aromatic carbocycles. The first-order valence-corrected chi connectivity index (χ1v) is 5.88. The summed E-state index contributed by atoms with van der Waals surface area (Å²) in [4.78, 5) is 0. The molecule has 0 saturated carbocycles. The highest BCUT2D eigenvalue weighted by molar-refractivity contribution is 7.74. The molecule has 0 radical (unpaired) electrons. The summed E-state index contributed by atoms with van der Waals surface area (Å²) in [5.74, 6) is 0. The third-order valence-electron chi connectivity index (χ3n) is 1.88. The molecule has 1 aromatic rings. The van der Waals surface area contributed by atoms with Crippen molar-refractivity contribution in [3.05, 3.63) is 11.9 Å². The molecule has 1 rings (SSSR count). The minimum absolute atomic E-state index is 0.152. The molecule has 0 aliphatic heterocycles. The van der Waals surface area contributed by atoms with Crippen LogP contribution in [0.25, 0.3) is 0 Å². The molecule has 0 aliphatic rings. The van der Waals surface area contributed by atoms with Gasteiger partial charge in [0.05, 0.1) is 18.8 Å². The Balaban J connectivity index is 2.29. The van der Waals surface area contributed by atoms with Crippen LogP contribution in [0.15, 0.2) is 6.20 Å². The van der Waals surface area contributed by atoms with Crippen molar-refractivity contribution in [1.82, 2.24) is 15.0 Å². The van der Waals surface area contributed by atoms with E-state index in [-0.39, 0.29) is 6.61 Å². The van der Waals surface area contributed by atoms with Crippen molar-refractivity contribution in [3.8, 4) is 0 Å². The van der Waals surface area contributed by atoms with Gasteiger partial charge in [0.15, 0.2) is 0 Å². The van der Waals surface area contributed by atoms with Crippen LogP contribution in [-0.4, -0.2) is 30.4 Å². The third-order valence-corrected chi connectivity index (χ3v) is 2.25. The zero-order valence-electron chi connectivity index (χ0n) is 8.63. The van der Waals surface area contributed by atoms with Gasteiger partial charge in [0.1, 0.15) is 0 Å². The fraction of sp³-hybridized carbons (Fsp3) is 0.750. The maximum absolute atomic E-state index is 10.2. The maximum Gasteiger partial charge on any atom is 0.301 e. The number of aryl methyl sites for hydroxylation is 1. The van der Waals surface area contributed by atoms with E-state index in [0.717, 1.165) is 25.0 Å². The van der Waals surface area contributed by atoms with Crippen LogP contribution in [0.1, 0.15) is 25.5 Å². The summed E-state index contributed by atoms with van der Waals surface area (Å²) in [6, 6.07) is 0. The molecule has 1 unspecified atom stereocenters. The molecule has 15 heavy (non-hydrogen) atoms. The van der Waals surface area contributed by atoms with Crippen molar-refractivity contribution in [2.45, 2.75) is 32.7 Å². The molecule has 1 N–H and O–H groups in total. The van der Waals surface area contributed by atoms with Crippen LogP contribution in [0, 0.1) is 0 Å². The molecule has 1 atom stereocenters. The molecule has 0 amide bonds. The summed E-state index contributed by atoms with van der Waals surface area (Å²) in [5.41, 5.74) is 0.946. The summed E-state index contributed by atoms with van der Waals surface area (Å²) in [6.45, 7) is 2.71. The lowest BCUT2D eigenvalue weighted by molar-refractivity contribution is 0.284. The molecule has 0 fully saturated rings. The first-order valence-electron chi connectivity index (χ1n) is 4.85. The SMILES string of the molecule is CCCCc1cn(CCOS(=O)O)nn1. The van der Waals surface area contributed by atoms with E-state index in [1.807, 2.05) is 6.20 Å². The zero-order chi connectivity index (χ0) is 11.1. The van der Waals surface area contributed by atoms with Gasteiger partial charge in [0, 0.05) is 6.20 Å². The minimum atomic E-state index is -2.20. The second kappa shape index (κ2) is 6.65. The number of rotatable bonds is 7. The van der Waals surface area contributed by atoms with Gasteiger partial charge in [0.25, 0.3) is 0 Å². The average molecular weight is 233 g/mol. The van der Waals surface area contributed by atoms with Crippen LogP contribution in [0.2, 0.25) is 0 Å². The topological polar surface area (TPSA) is 77.2 Å². The Hall–Kier alpha value is -0.790. The predicted octanol–water partition coefficient (Wildman–Crippen LogP) is 0.774. The van der Waals surface area contributed by atoms with Crippen molar-refractivity contribution >= 4 is 11.4 Å². The van der Waals surface area contributed by atoms with Crippen LogP contribution in [0.4, 0.5) is 0 Å². The summed E-state index contributed by atoms with van der Waals surface area (Å²) >= 11 is -2.20.